The molecule has 6 aliphatic heterocycles. The molecule has 4 fully saturated rings. The molecule has 12 atom stereocenters. The number of rotatable bonds is 9. The van der Waals surface area contributed by atoms with Crippen molar-refractivity contribution in [2.24, 2.45) is 35.5 Å². The Balaban J connectivity index is 0.000000186. The molecule has 20 nitrogen and oxygen atoms in total. The van der Waals surface area contributed by atoms with Crippen LogP contribution in [0.2, 0.25) is 10.0 Å². The summed E-state index contributed by atoms with van der Waals surface area (Å²) in [6.07, 6.45) is 18.7. The number of anilines is 2. The zero-order valence-corrected chi connectivity index (χ0v) is 64.3. The Kier molecular flexibility index (Phi) is 22.6. The predicted octanol–water partition coefficient (Wildman–Crippen LogP) is 10.7. The van der Waals surface area contributed by atoms with E-state index in [9.17, 15) is 31.2 Å². The third kappa shape index (κ3) is 15.2. The van der Waals surface area contributed by atoms with Gasteiger partial charge in [0.15, 0.2) is 5.60 Å². The van der Waals surface area contributed by atoms with Crippen molar-refractivity contribution in [3.63, 3.8) is 0 Å². The average Bonchev–Trinajstić information content (AvgIpc) is 1.73. The Morgan fingerprint density at radius 1 is 0.670 bits per heavy atom. The second-order valence-electron chi connectivity index (χ2n) is 31.4. The highest BCUT2D eigenvalue weighted by molar-refractivity contribution is 7.91. The van der Waals surface area contributed by atoms with Crippen molar-refractivity contribution in [1.82, 2.24) is 24.1 Å². The number of amides is 3. The van der Waals surface area contributed by atoms with Gasteiger partial charge in [0, 0.05) is 132 Å². The lowest BCUT2D eigenvalue weighted by Crippen LogP contribution is -2.61. The van der Waals surface area contributed by atoms with Crippen LogP contribution in [0, 0.1) is 35.5 Å². The molecule has 4 aromatic rings. The largest absolute Gasteiger partial charge is 0.490 e. The van der Waals surface area contributed by atoms with Gasteiger partial charge in [-0.3, -0.25) is 24.2 Å². The second-order valence-corrected chi connectivity index (χ2v) is 36.2. The molecule has 2 spiro atoms. The number of halogens is 2. The van der Waals surface area contributed by atoms with Crippen molar-refractivity contribution in [3.8, 4) is 11.5 Å². The minimum atomic E-state index is -4.11. The predicted molar refractivity (Wildman–Crippen MR) is 402 cm³/mol. The normalized spacial score (nSPS) is 32.9. The van der Waals surface area contributed by atoms with Gasteiger partial charge in [-0.1, -0.05) is 67.4 Å². The van der Waals surface area contributed by atoms with Gasteiger partial charge in [-0.05, 0) is 209 Å². The van der Waals surface area contributed by atoms with Gasteiger partial charge in [-0.25, -0.2) is 26.3 Å². The molecule has 103 heavy (non-hydrogen) atoms. The fourth-order valence-corrected chi connectivity index (χ4v) is 21.8. The van der Waals surface area contributed by atoms with E-state index in [1.165, 1.54) is 29.4 Å². The van der Waals surface area contributed by atoms with E-state index in [1.807, 2.05) is 50.3 Å². The number of carbonyl (C=O) groups excluding carboxylic acids is 3. The van der Waals surface area contributed by atoms with Crippen molar-refractivity contribution in [2.45, 2.75) is 143 Å². The van der Waals surface area contributed by atoms with Crippen LogP contribution < -0.4 is 28.7 Å². The number of carbonyl (C=O) groups is 3. The molecule has 4 aliphatic carbocycles. The number of ether oxygens (including phenoxy) is 6. The van der Waals surface area contributed by atoms with Gasteiger partial charge in [-0.2, -0.15) is 0 Å². The highest BCUT2D eigenvalue weighted by Gasteiger charge is 2.55. The zero-order valence-electron chi connectivity index (χ0n) is 61.1. The van der Waals surface area contributed by atoms with Crippen LogP contribution in [0.25, 0.3) is 0 Å². The number of fused-ring (bicyclic) bond motifs is 8. The number of aryl methyl sites for hydroxylation is 2. The zero-order chi connectivity index (χ0) is 72.8. The summed E-state index contributed by atoms with van der Waals surface area (Å²) in [7, 11) is -1.54. The molecule has 4 bridgehead atoms. The highest BCUT2D eigenvalue weighted by atomic mass is 35.5. The Hall–Kier alpha value is -5.79. The number of hydrogen-bond donors (Lipinski definition) is 2. The molecular weight excluding hydrogens is 1390 g/mol. The van der Waals surface area contributed by atoms with Crippen molar-refractivity contribution < 1.29 is 59.6 Å². The third-order valence-corrected chi connectivity index (χ3v) is 29.2. The molecule has 6 heterocycles. The minimum absolute atomic E-state index is 0.0319. The quantitative estimate of drug-likeness (QED) is 0.149. The van der Waals surface area contributed by atoms with E-state index < -0.39 is 53.6 Å². The number of allylic oxidation sites excluding steroid dienone is 2. The maximum atomic E-state index is 14.0. The van der Waals surface area contributed by atoms with E-state index in [4.69, 9.17) is 51.6 Å². The lowest BCUT2D eigenvalue weighted by molar-refractivity contribution is -0.160. The van der Waals surface area contributed by atoms with E-state index in [2.05, 4.69) is 72.4 Å². The van der Waals surface area contributed by atoms with Crippen molar-refractivity contribution in [3.05, 3.63) is 141 Å². The Morgan fingerprint density at radius 3 is 1.70 bits per heavy atom. The first kappa shape index (κ1) is 75.4. The molecule has 0 aromatic heterocycles. The molecule has 2 saturated carbocycles. The Labute approximate surface area is 619 Å². The van der Waals surface area contributed by atoms with Crippen LogP contribution in [0.1, 0.15) is 135 Å². The van der Waals surface area contributed by atoms with Crippen molar-refractivity contribution in [2.75, 3.05) is 137 Å². The lowest BCUT2D eigenvalue weighted by atomic mass is 9.63. The third-order valence-electron chi connectivity index (χ3n) is 24.9. The minimum Gasteiger partial charge on any atom is -0.490 e. The standard InChI is InChI=1S/C43H59ClN4O7S.C36H46ClN3O6S/c1-4-55-43(28-46-17-19-47(20-18-46)35-24-53-25-35)16-5-7-30(2)40(26-52-3)56(50,51)45-41(49)32-10-14-39-38(22-32)48(23-33-9-12-37(33)43)27-42(29-54-39)15-6-8-31-21-34(44)11-13-36(31)42;1-23-8-6-17-36(45-5,34(42)39(3)4)30-13-10-27(30)20-40-21-35(16-7-9-25-18-28(37)12-14-29(25)35)22-46-32-15-11-26(19-31(32)40)33(41)38-47(43,44)24(23)2/h5,10-11,13-14,16,21-22,30,33,35,37,40H,4,6-9,12,15,17-20,23-29H2,1-3H3,(H,45,49);6,11-12,14-15,17-19,23-24,27,30H,7-10,13,16,20-22H2,1-5H3,(H,38,41)/b16-5+;17-6+/t30-,33-,37+,40+,42-,43-;23-,24+,27-,30+,35-,36-/m00/s1. The summed E-state index contributed by atoms with van der Waals surface area (Å²) in [5.74, 6) is -0.183. The van der Waals surface area contributed by atoms with Gasteiger partial charge >= 0.3 is 0 Å². The average molecular weight is 1500 g/mol. The van der Waals surface area contributed by atoms with Crippen molar-refractivity contribution >= 4 is 72.3 Å². The highest BCUT2D eigenvalue weighted by Crippen LogP contribution is 2.52. The summed E-state index contributed by atoms with van der Waals surface area (Å²) in [6.45, 7) is 18.0. The van der Waals surface area contributed by atoms with Crippen LogP contribution in [-0.2, 0) is 67.5 Å². The molecule has 14 rings (SSSR count). The Bertz CT molecular complexity index is 4100. The molecule has 560 valence electrons. The fourth-order valence-electron chi connectivity index (χ4n) is 18.6. The van der Waals surface area contributed by atoms with E-state index in [1.54, 1.807) is 57.3 Å². The molecule has 2 saturated heterocycles. The fraction of sp³-hybridized carbons (Fsp3) is 0.608. The maximum absolute atomic E-state index is 14.0. The van der Waals surface area contributed by atoms with Crippen LogP contribution in [0.5, 0.6) is 11.5 Å². The van der Waals surface area contributed by atoms with Crippen LogP contribution in [0.15, 0.2) is 97.1 Å². The second kappa shape index (κ2) is 30.8. The first-order chi connectivity index (χ1) is 49.3. The summed E-state index contributed by atoms with van der Waals surface area (Å²) in [5, 5.41) is -0.337. The molecule has 3 amide bonds. The van der Waals surface area contributed by atoms with Gasteiger partial charge in [-0.15, -0.1) is 0 Å². The number of piperazine rings is 1. The van der Waals surface area contributed by atoms with E-state index >= 15 is 0 Å². The van der Waals surface area contributed by atoms with Crippen LogP contribution in [0.4, 0.5) is 11.4 Å². The number of methoxy groups -OCH3 is 2. The number of hydrogen-bond acceptors (Lipinski definition) is 17. The molecular formula is C79H105Cl2N7O13S2. The van der Waals surface area contributed by atoms with Crippen molar-refractivity contribution in [1.29, 1.82) is 0 Å². The molecule has 24 heteroatoms. The molecule has 0 unspecified atom stereocenters. The monoisotopic (exact) mass is 1490 g/mol. The summed E-state index contributed by atoms with van der Waals surface area (Å²) in [6, 6.07) is 23.5. The molecule has 0 radical (unpaired) electrons. The van der Waals surface area contributed by atoms with Gasteiger partial charge in [0.2, 0.25) is 20.0 Å². The number of sulfonamides is 2. The van der Waals surface area contributed by atoms with Crippen LogP contribution >= 0.6 is 23.2 Å². The number of nitrogens with one attached hydrogen (secondary N) is 2. The molecule has 4 aromatic carbocycles. The molecule has 2 N–H and O–H groups in total. The number of benzene rings is 4. The topological polar surface area (TPSA) is 215 Å². The SMILES string of the molecule is CCO[C@]1(CN2CCN(C3COC3)CC2)/C=C/C[C@H](C)[C@@H](COC)S(=O)(=O)NC(=O)c2ccc3c(c2)N(C[C@@H]2CC[C@H]21)C[C@@]1(CCCc2cc(Cl)ccc21)CO3.CO[C@@]1(C(=O)N(C)C)/C=C/C[C@H](C)[C@@H](C)S(=O)(=O)NC(=O)c2ccc3c(c2)N(C[C@@H]2CC[C@H]21)C[C@@]1(CCCc2cc(Cl)ccc21)CO3. The number of likely N-dealkylation sites (N-methyl/N-ethyl adjacent to an activating group) is 1. The smallest absolute Gasteiger partial charge is 0.264 e. The summed E-state index contributed by atoms with van der Waals surface area (Å²) in [5.41, 5.74) is 4.72. The summed E-state index contributed by atoms with van der Waals surface area (Å²) in [4.78, 5) is 52.7. The van der Waals surface area contributed by atoms with E-state index in [0.29, 0.717) is 80.8 Å². The Morgan fingerprint density at radius 2 is 1.20 bits per heavy atom. The molecule has 10 aliphatic rings. The van der Waals surface area contributed by atoms with Gasteiger partial charge in [0.25, 0.3) is 17.7 Å². The first-order valence-corrected chi connectivity index (χ1v) is 41.2. The number of nitrogens with zero attached hydrogens (tertiary/aromatic N) is 5. The van der Waals surface area contributed by atoms with Crippen LogP contribution in [-0.4, -0.2) is 204 Å². The van der Waals surface area contributed by atoms with Gasteiger partial charge in [0.1, 0.15) is 22.4 Å². The van der Waals surface area contributed by atoms with Crippen LogP contribution in [0.3, 0.4) is 0 Å². The van der Waals surface area contributed by atoms with Gasteiger partial charge in [0.05, 0.1) is 55.7 Å². The summed E-state index contributed by atoms with van der Waals surface area (Å²) >= 11 is 13.0. The first-order valence-electron chi connectivity index (χ1n) is 37.4. The summed E-state index contributed by atoms with van der Waals surface area (Å²) < 4.78 is 97.0. The van der Waals surface area contributed by atoms with E-state index in [0.717, 1.165) is 133 Å². The van der Waals surface area contributed by atoms with E-state index in [-0.39, 0.29) is 64.1 Å². The lowest BCUT2D eigenvalue weighted by Gasteiger charge is -2.53. The maximum Gasteiger partial charge on any atom is 0.264 e. The van der Waals surface area contributed by atoms with Gasteiger partial charge < -0.3 is 43.1 Å².